The van der Waals surface area contributed by atoms with Gasteiger partial charge in [-0.15, -0.1) is 0 Å². The number of rotatable bonds is 10. The average Bonchev–Trinajstić information content (AvgIpc) is 3.19. The van der Waals surface area contributed by atoms with Crippen LogP contribution in [0.1, 0.15) is 65.9 Å². The predicted octanol–water partition coefficient (Wildman–Crippen LogP) is 7.28. The van der Waals surface area contributed by atoms with Crippen molar-refractivity contribution >= 4 is 22.9 Å². The molecule has 1 aromatic heterocycles. The molecule has 36 heavy (non-hydrogen) atoms. The van der Waals surface area contributed by atoms with Gasteiger partial charge in [0.25, 0.3) is 0 Å². The number of oxime groups is 1. The van der Waals surface area contributed by atoms with Crippen molar-refractivity contribution < 1.29 is 18.4 Å². The molecule has 6 heteroatoms. The van der Waals surface area contributed by atoms with Crippen LogP contribution in [0.4, 0.5) is 8.78 Å². The number of fused-ring (bicyclic) bond motifs is 1. The third-order valence-corrected chi connectivity index (χ3v) is 6.17. The van der Waals surface area contributed by atoms with Gasteiger partial charge in [0.05, 0.1) is 6.21 Å². The van der Waals surface area contributed by atoms with Gasteiger partial charge in [0.15, 0.2) is 17.4 Å². The monoisotopic (exact) mass is 488 g/mol. The van der Waals surface area contributed by atoms with Crippen molar-refractivity contribution in [1.82, 2.24) is 4.57 Å². The maximum Gasteiger partial charge on any atom is 0.165 e. The molecule has 0 radical (unpaired) electrons. The van der Waals surface area contributed by atoms with Crippen molar-refractivity contribution in [2.24, 2.45) is 5.16 Å². The Morgan fingerprint density at radius 1 is 1.00 bits per heavy atom. The van der Waals surface area contributed by atoms with Gasteiger partial charge in [-0.25, -0.2) is 8.78 Å². The van der Waals surface area contributed by atoms with E-state index in [9.17, 15) is 13.6 Å². The number of aryl methyl sites for hydroxylation is 1. The molecule has 3 aromatic carbocycles. The molecular weight excluding hydrogens is 458 g/mol. The van der Waals surface area contributed by atoms with Crippen molar-refractivity contribution in [2.45, 2.75) is 46.1 Å². The second-order valence-electron chi connectivity index (χ2n) is 9.09. The Morgan fingerprint density at radius 3 is 2.47 bits per heavy atom. The molecule has 0 fully saturated rings. The van der Waals surface area contributed by atoms with Crippen LogP contribution in [0, 0.1) is 11.6 Å². The summed E-state index contributed by atoms with van der Waals surface area (Å²) in [5, 5.41) is 4.87. The van der Waals surface area contributed by atoms with Gasteiger partial charge in [-0.05, 0) is 54.2 Å². The first-order chi connectivity index (χ1) is 17.4. The molecular formula is C30H30F2N2O2. The van der Waals surface area contributed by atoms with Crippen molar-refractivity contribution in [1.29, 1.82) is 0 Å². The van der Waals surface area contributed by atoms with Crippen LogP contribution in [0.2, 0.25) is 0 Å². The number of nitrogens with zero attached hydrogens (tertiary/aromatic N) is 2. The third kappa shape index (κ3) is 5.54. The number of hydrogen-bond donors (Lipinski definition) is 0. The molecule has 0 spiro atoms. The quantitative estimate of drug-likeness (QED) is 0.134. The molecule has 0 aliphatic rings. The maximum atomic E-state index is 13.7. The molecule has 4 nitrogen and oxygen atoms in total. The molecule has 0 unspecified atom stereocenters. The zero-order chi connectivity index (χ0) is 25.7. The molecule has 186 valence electrons. The van der Waals surface area contributed by atoms with E-state index in [1.165, 1.54) is 6.07 Å². The summed E-state index contributed by atoms with van der Waals surface area (Å²) >= 11 is 0. The summed E-state index contributed by atoms with van der Waals surface area (Å²) < 4.78 is 29.2. The van der Waals surface area contributed by atoms with Gasteiger partial charge >= 0.3 is 0 Å². The number of carbonyl (C=O) groups is 1. The van der Waals surface area contributed by atoms with Gasteiger partial charge in [0.1, 0.15) is 6.61 Å². The van der Waals surface area contributed by atoms with E-state index in [0.717, 1.165) is 39.9 Å². The molecule has 0 N–H and O–H groups in total. The van der Waals surface area contributed by atoms with Crippen LogP contribution in [-0.2, 0) is 17.8 Å². The highest BCUT2D eigenvalue weighted by Gasteiger charge is 2.24. The molecule has 0 saturated heterocycles. The van der Waals surface area contributed by atoms with E-state index >= 15 is 0 Å². The number of carbonyl (C=O) groups excluding carboxylic acids is 1. The fraction of sp³-hybridized carbons (Fsp3) is 0.267. The second-order valence-corrected chi connectivity index (χ2v) is 9.09. The summed E-state index contributed by atoms with van der Waals surface area (Å²) in [4.78, 5) is 18.8. The molecule has 0 amide bonds. The lowest BCUT2D eigenvalue weighted by Crippen LogP contribution is -2.11. The number of aromatic nitrogens is 1. The molecule has 0 aliphatic carbocycles. The van der Waals surface area contributed by atoms with Crippen molar-refractivity contribution in [3.63, 3.8) is 0 Å². The number of benzene rings is 3. The van der Waals surface area contributed by atoms with E-state index < -0.39 is 11.6 Å². The van der Waals surface area contributed by atoms with Crippen molar-refractivity contribution in [3.8, 4) is 0 Å². The summed E-state index contributed by atoms with van der Waals surface area (Å²) in [6.45, 7) is 7.14. The number of ketones is 1. The summed E-state index contributed by atoms with van der Waals surface area (Å²) in [7, 11) is 0. The maximum absolute atomic E-state index is 13.7. The second kappa shape index (κ2) is 11.3. The highest BCUT2D eigenvalue weighted by molar-refractivity contribution is 6.10. The highest BCUT2D eigenvalue weighted by Crippen LogP contribution is 2.34. The van der Waals surface area contributed by atoms with Crippen LogP contribution in [0.3, 0.4) is 0 Å². The first-order valence-corrected chi connectivity index (χ1v) is 12.2. The van der Waals surface area contributed by atoms with Gasteiger partial charge in [0.2, 0.25) is 0 Å². The smallest absolute Gasteiger partial charge is 0.165 e. The highest BCUT2D eigenvalue weighted by atomic mass is 19.2. The van der Waals surface area contributed by atoms with E-state index in [1.54, 1.807) is 6.21 Å². The van der Waals surface area contributed by atoms with E-state index in [-0.39, 0.29) is 18.1 Å². The average molecular weight is 489 g/mol. The molecule has 4 aromatic rings. The number of Topliss-reactive ketones (excluding diaryl/α,β-unsaturated/α-hetero) is 1. The van der Waals surface area contributed by atoms with Crippen LogP contribution >= 0.6 is 0 Å². The SMILES string of the molecule is CCO/N=C\c1ccc2c(C(=O)CCc3ccc(F)c(F)c3)c(C(C)C)n(Cc3ccccc3)c2c1. The standard InChI is InChI=1S/C30H30F2N2O2/c1-4-36-33-18-23-10-13-24-27(17-23)34(19-22-8-6-5-7-9-22)30(20(2)3)29(24)28(35)15-12-21-11-14-25(31)26(32)16-21/h5-11,13-14,16-18,20H,4,12,15,19H2,1-3H3/b33-18-. The fourth-order valence-corrected chi connectivity index (χ4v) is 4.55. The van der Waals surface area contributed by atoms with Gasteiger partial charge in [-0.1, -0.05) is 67.5 Å². The number of hydrogen-bond acceptors (Lipinski definition) is 3. The van der Waals surface area contributed by atoms with Crippen LogP contribution in [-0.4, -0.2) is 23.2 Å². The normalized spacial score (nSPS) is 11.6. The van der Waals surface area contributed by atoms with Gasteiger partial charge in [-0.3, -0.25) is 4.79 Å². The van der Waals surface area contributed by atoms with Crippen molar-refractivity contribution in [3.05, 3.63) is 106 Å². The van der Waals surface area contributed by atoms with E-state index in [1.807, 2.05) is 43.3 Å². The summed E-state index contributed by atoms with van der Waals surface area (Å²) in [6, 6.07) is 19.8. The molecule has 0 bridgehead atoms. The topological polar surface area (TPSA) is 43.6 Å². The van der Waals surface area contributed by atoms with E-state index in [2.05, 4.69) is 35.7 Å². The van der Waals surface area contributed by atoms with Crippen LogP contribution in [0.5, 0.6) is 0 Å². The Labute approximate surface area is 210 Å². The Bertz CT molecular complexity index is 1390. The molecule has 0 atom stereocenters. The fourth-order valence-electron chi connectivity index (χ4n) is 4.55. The summed E-state index contributed by atoms with van der Waals surface area (Å²) in [5.74, 6) is -1.72. The van der Waals surface area contributed by atoms with E-state index in [4.69, 9.17) is 4.84 Å². The van der Waals surface area contributed by atoms with Gasteiger partial charge in [-0.2, -0.15) is 0 Å². The first-order valence-electron chi connectivity index (χ1n) is 12.2. The molecule has 4 rings (SSSR count). The Kier molecular flexibility index (Phi) is 7.93. The van der Waals surface area contributed by atoms with Crippen molar-refractivity contribution in [2.75, 3.05) is 6.61 Å². The minimum Gasteiger partial charge on any atom is -0.396 e. The Balaban J connectivity index is 1.78. The van der Waals surface area contributed by atoms with Crippen LogP contribution in [0.25, 0.3) is 10.9 Å². The van der Waals surface area contributed by atoms with Gasteiger partial charge < -0.3 is 9.40 Å². The lowest BCUT2D eigenvalue weighted by Gasteiger charge is -2.15. The van der Waals surface area contributed by atoms with Crippen LogP contribution in [0.15, 0.2) is 71.9 Å². The Morgan fingerprint density at radius 2 is 1.78 bits per heavy atom. The lowest BCUT2D eigenvalue weighted by molar-refractivity contribution is 0.0982. The Hall–Kier alpha value is -3.80. The molecule has 1 heterocycles. The number of halogens is 2. The minimum absolute atomic E-state index is 0.0176. The summed E-state index contributed by atoms with van der Waals surface area (Å²) in [5.41, 5.74) is 5.19. The van der Waals surface area contributed by atoms with Gasteiger partial charge in [0, 0.05) is 35.1 Å². The zero-order valence-corrected chi connectivity index (χ0v) is 20.8. The third-order valence-electron chi connectivity index (χ3n) is 6.17. The molecule has 0 aliphatic heterocycles. The minimum atomic E-state index is -0.900. The zero-order valence-electron chi connectivity index (χ0n) is 20.8. The predicted molar refractivity (Wildman–Crippen MR) is 140 cm³/mol. The largest absolute Gasteiger partial charge is 0.396 e. The van der Waals surface area contributed by atoms with Crippen LogP contribution < -0.4 is 0 Å². The molecule has 0 saturated carbocycles. The first kappa shape index (κ1) is 25.3. The summed E-state index contributed by atoms with van der Waals surface area (Å²) in [6.07, 6.45) is 2.20. The van der Waals surface area contributed by atoms with E-state index in [0.29, 0.717) is 30.7 Å². The lowest BCUT2D eigenvalue weighted by atomic mass is 9.96.